The average Bonchev–Trinajstić information content (AvgIpc) is 2.44. The van der Waals surface area contributed by atoms with Crippen molar-refractivity contribution in [2.75, 3.05) is 6.61 Å². The molecule has 2 heteroatoms. The van der Waals surface area contributed by atoms with Crippen molar-refractivity contribution in [2.24, 2.45) is 29.1 Å². The Labute approximate surface area is 131 Å². The normalized spacial score (nSPS) is 46.0. The third-order valence-electron chi connectivity index (χ3n) is 6.75. The molecule has 0 aromatic heterocycles. The molecule has 6 unspecified atom stereocenters. The van der Waals surface area contributed by atoms with Gasteiger partial charge in [0.25, 0.3) is 0 Å². The lowest BCUT2D eigenvalue weighted by Gasteiger charge is -2.61. The van der Waals surface area contributed by atoms with Crippen LogP contribution in [0, 0.1) is 29.1 Å². The van der Waals surface area contributed by atoms with E-state index in [1.807, 2.05) is 0 Å². The molecule has 122 valence electrons. The summed E-state index contributed by atoms with van der Waals surface area (Å²) in [6.07, 6.45) is 7.32. The van der Waals surface area contributed by atoms with Gasteiger partial charge in [0, 0.05) is 30.0 Å². The summed E-state index contributed by atoms with van der Waals surface area (Å²) in [5.41, 5.74) is 0.313. The van der Waals surface area contributed by atoms with Crippen molar-refractivity contribution in [1.82, 2.24) is 5.32 Å². The summed E-state index contributed by atoms with van der Waals surface area (Å²) in [6, 6.07) is 1.39. The molecule has 2 aliphatic carbocycles. The van der Waals surface area contributed by atoms with E-state index in [0.29, 0.717) is 17.6 Å². The lowest BCUT2D eigenvalue weighted by atomic mass is 9.54. The summed E-state index contributed by atoms with van der Waals surface area (Å²) in [4.78, 5) is 0. The van der Waals surface area contributed by atoms with E-state index < -0.39 is 0 Å². The second kappa shape index (κ2) is 5.85. The lowest BCUT2D eigenvalue weighted by Crippen LogP contribution is -2.71. The van der Waals surface area contributed by atoms with Crippen LogP contribution in [0.15, 0.2) is 0 Å². The van der Waals surface area contributed by atoms with Crippen LogP contribution in [0.1, 0.15) is 66.7 Å². The molecule has 0 spiro atoms. The Morgan fingerprint density at radius 1 is 1.14 bits per heavy atom. The predicted octanol–water partition coefficient (Wildman–Crippen LogP) is 4.24. The molecule has 6 atom stereocenters. The molecular weight excluding hydrogens is 258 g/mol. The smallest absolute Gasteiger partial charge is 0.0684 e. The molecule has 3 fully saturated rings. The first-order chi connectivity index (χ1) is 9.91. The van der Waals surface area contributed by atoms with Crippen molar-refractivity contribution in [1.29, 1.82) is 0 Å². The van der Waals surface area contributed by atoms with Crippen molar-refractivity contribution >= 4 is 0 Å². The van der Waals surface area contributed by atoms with Gasteiger partial charge in [-0.2, -0.15) is 0 Å². The first kappa shape index (κ1) is 15.8. The third-order valence-corrected chi connectivity index (χ3v) is 6.75. The van der Waals surface area contributed by atoms with E-state index in [9.17, 15) is 0 Å². The fourth-order valence-corrected chi connectivity index (χ4v) is 5.49. The molecule has 0 radical (unpaired) electrons. The number of hydrogen-bond acceptors (Lipinski definition) is 2. The highest BCUT2D eigenvalue weighted by molar-refractivity contribution is 5.11. The van der Waals surface area contributed by atoms with Crippen molar-refractivity contribution in [2.45, 2.75) is 84.9 Å². The fourth-order valence-electron chi connectivity index (χ4n) is 5.49. The summed E-state index contributed by atoms with van der Waals surface area (Å²) in [5.74, 6) is 3.31. The van der Waals surface area contributed by atoms with Crippen LogP contribution in [0.5, 0.6) is 0 Å². The van der Waals surface area contributed by atoms with E-state index in [0.717, 1.165) is 36.3 Å². The molecule has 21 heavy (non-hydrogen) atoms. The topological polar surface area (TPSA) is 21.3 Å². The molecule has 2 saturated carbocycles. The van der Waals surface area contributed by atoms with E-state index in [2.05, 4.69) is 39.9 Å². The molecule has 3 rings (SSSR count). The van der Waals surface area contributed by atoms with Gasteiger partial charge in [0.15, 0.2) is 0 Å². The van der Waals surface area contributed by atoms with Gasteiger partial charge in [-0.1, -0.05) is 41.0 Å². The molecular formula is C19H35NO. The maximum Gasteiger partial charge on any atom is 0.0684 e. The highest BCUT2D eigenvalue weighted by Gasteiger charge is 2.58. The SMILES string of the molecule is CC1CCC(C(C)C)C(NC2C3CCCOC3C2(C)C)C1. The summed E-state index contributed by atoms with van der Waals surface area (Å²) < 4.78 is 6.07. The highest BCUT2D eigenvalue weighted by atomic mass is 16.5. The van der Waals surface area contributed by atoms with Gasteiger partial charge in [-0.3, -0.25) is 0 Å². The van der Waals surface area contributed by atoms with Crippen LogP contribution in [0.2, 0.25) is 0 Å². The summed E-state index contributed by atoms with van der Waals surface area (Å²) in [7, 11) is 0. The third kappa shape index (κ3) is 2.79. The molecule has 1 aliphatic heterocycles. The number of hydrogen-bond donors (Lipinski definition) is 1. The van der Waals surface area contributed by atoms with E-state index >= 15 is 0 Å². The molecule has 0 bridgehead atoms. The zero-order valence-electron chi connectivity index (χ0n) is 14.7. The van der Waals surface area contributed by atoms with Crippen molar-refractivity contribution < 1.29 is 4.74 Å². The Kier molecular flexibility index (Phi) is 4.40. The average molecular weight is 293 g/mol. The van der Waals surface area contributed by atoms with E-state index in [1.54, 1.807) is 0 Å². The van der Waals surface area contributed by atoms with Gasteiger partial charge in [0.05, 0.1) is 6.10 Å². The van der Waals surface area contributed by atoms with E-state index in [4.69, 9.17) is 4.74 Å². The Morgan fingerprint density at radius 3 is 2.62 bits per heavy atom. The van der Waals surface area contributed by atoms with Gasteiger partial charge in [-0.15, -0.1) is 0 Å². The van der Waals surface area contributed by atoms with Crippen LogP contribution in [0.25, 0.3) is 0 Å². The number of rotatable bonds is 3. The second-order valence-electron chi connectivity index (χ2n) is 9.00. The lowest BCUT2D eigenvalue weighted by molar-refractivity contribution is -0.196. The monoisotopic (exact) mass is 293 g/mol. The fraction of sp³-hybridized carbons (Fsp3) is 1.00. The summed E-state index contributed by atoms with van der Waals surface area (Å²) in [6.45, 7) is 13.1. The van der Waals surface area contributed by atoms with Crippen LogP contribution < -0.4 is 5.32 Å². The maximum absolute atomic E-state index is 6.07. The van der Waals surface area contributed by atoms with Crippen LogP contribution in [0.3, 0.4) is 0 Å². The first-order valence-electron chi connectivity index (χ1n) is 9.29. The summed E-state index contributed by atoms with van der Waals surface area (Å²) in [5, 5.41) is 4.13. The van der Waals surface area contributed by atoms with Gasteiger partial charge in [-0.25, -0.2) is 0 Å². The Balaban J connectivity index is 1.69. The van der Waals surface area contributed by atoms with Gasteiger partial charge < -0.3 is 10.1 Å². The van der Waals surface area contributed by atoms with Gasteiger partial charge in [-0.05, 0) is 43.4 Å². The van der Waals surface area contributed by atoms with E-state index in [-0.39, 0.29) is 0 Å². The van der Waals surface area contributed by atoms with Crippen LogP contribution in [-0.2, 0) is 4.74 Å². The second-order valence-corrected chi connectivity index (χ2v) is 9.00. The molecule has 0 aromatic rings. The Hall–Kier alpha value is -0.0800. The molecule has 1 saturated heterocycles. The predicted molar refractivity (Wildman–Crippen MR) is 88.3 cm³/mol. The summed E-state index contributed by atoms with van der Waals surface area (Å²) >= 11 is 0. The number of nitrogens with one attached hydrogen (secondary N) is 1. The minimum absolute atomic E-state index is 0.313. The molecule has 3 aliphatic rings. The minimum atomic E-state index is 0.313. The quantitative estimate of drug-likeness (QED) is 0.840. The molecule has 2 nitrogen and oxygen atoms in total. The highest BCUT2D eigenvalue weighted by Crippen LogP contribution is 2.52. The molecule has 0 amide bonds. The van der Waals surface area contributed by atoms with Gasteiger partial charge in [0.1, 0.15) is 0 Å². The Bertz CT molecular complexity index is 365. The minimum Gasteiger partial charge on any atom is -0.377 e. The van der Waals surface area contributed by atoms with Gasteiger partial charge in [0.2, 0.25) is 0 Å². The zero-order valence-corrected chi connectivity index (χ0v) is 14.7. The molecule has 1 N–H and O–H groups in total. The largest absolute Gasteiger partial charge is 0.377 e. The van der Waals surface area contributed by atoms with Crippen molar-refractivity contribution in [3.63, 3.8) is 0 Å². The molecule has 1 heterocycles. The van der Waals surface area contributed by atoms with Crippen molar-refractivity contribution in [3.8, 4) is 0 Å². The van der Waals surface area contributed by atoms with Crippen molar-refractivity contribution in [3.05, 3.63) is 0 Å². The van der Waals surface area contributed by atoms with Gasteiger partial charge >= 0.3 is 0 Å². The standard InChI is InChI=1S/C19H35NO/c1-12(2)14-9-8-13(3)11-16(14)20-17-15-7-6-10-21-18(15)19(17,4)5/h12-18,20H,6-11H2,1-5H3. The maximum atomic E-state index is 6.07. The number of fused-ring (bicyclic) bond motifs is 1. The molecule has 0 aromatic carbocycles. The van der Waals surface area contributed by atoms with Crippen LogP contribution in [-0.4, -0.2) is 24.8 Å². The number of ether oxygens (including phenoxy) is 1. The van der Waals surface area contributed by atoms with E-state index in [1.165, 1.54) is 32.1 Å². The Morgan fingerprint density at radius 2 is 1.90 bits per heavy atom. The first-order valence-corrected chi connectivity index (χ1v) is 9.29. The zero-order chi connectivity index (χ0) is 15.2. The van der Waals surface area contributed by atoms with Crippen LogP contribution in [0.4, 0.5) is 0 Å². The van der Waals surface area contributed by atoms with Crippen LogP contribution >= 0.6 is 0 Å².